The fourth-order valence-corrected chi connectivity index (χ4v) is 3.69. The smallest absolute Gasteiger partial charge is 0.343 e. The van der Waals surface area contributed by atoms with Crippen LogP contribution in [0.25, 0.3) is 11.0 Å². The molecule has 21 heavy (non-hydrogen) atoms. The van der Waals surface area contributed by atoms with Gasteiger partial charge < -0.3 is 9.15 Å². The van der Waals surface area contributed by atoms with Crippen molar-refractivity contribution in [2.45, 2.75) is 58.0 Å². The Labute approximate surface area is 123 Å². The lowest BCUT2D eigenvalue weighted by Crippen LogP contribution is -2.14. The Hall–Kier alpha value is -1.77. The lowest BCUT2D eigenvalue weighted by Gasteiger charge is -2.11. The van der Waals surface area contributed by atoms with Gasteiger partial charge in [-0.1, -0.05) is 19.4 Å². The molecule has 2 heterocycles. The summed E-state index contributed by atoms with van der Waals surface area (Å²) in [4.78, 5) is 12.4. The van der Waals surface area contributed by atoms with Gasteiger partial charge in [0, 0.05) is 5.92 Å². The zero-order valence-electron chi connectivity index (χ0n) is 12.6. The van der Waals surface area contributed by atoms with E-state index in [-0.39, 0.29) is 17.6 Å². The molecule has 4 rings (SSSR count). The van der Waals surface area contributed by atoms with Gasteiger partial charge in [0.1, 0.15) is 17.4 Å². The fourth-order valence-electron chi connectivity index (χ4n) is 3.69. The van der Waals surface area contributed by atoms with Gasteiger partial charge in [0.15, 0.2) is 0 Å². The number of ether oxygens (including phenoxy) is 1. The van der Waals surface area contributed by atoms with Gasteiger partial charge in [-0.25, -0.2) is 4.79 Å². The highest BCUT2D eigenvalue weighted by molar-refractivity contribution is 5.88. The van der Waals surface area contributed by atoms with Crippen LogP contribution in [0.3, 0.4) is 0 Å². The van der Waals surface area contributed by atoms with Gasteiger partial charge in [-0.3, -0.25) is 0 Å². The molecule has 1 aromatic heterocycles. The predicted octanol–water partition coefficient (Wildman–Crippen LogP) is 3.95. The van der Waals surface area contributed by atoms with Crippen LogP contribution in [-0.4, -0.2) is 6.10 Å². The maximum atomic E-state index is 12.4. The van der Waals surface area contributed by atoms with Crippen LogP contribution in [0.4, 0.5) is 0 Å². The lowest BCUT2D eigenvalue weighted by molar-refractivity contribution is 0.234. The average molecular weight is 284 g/mol. The summed E-state index contributed by atoms with van der Waals surface area (Å²) in [6.45, 7) is 4.04. The minimum absolute atomic E-state index is 0.0345. The third-order valence-corrected chi connectivity index (χ3v) is 5.10. The Balaban J connectivity index is 2.04. The molecule has 0 saturated carbocycles. The molecule has 0 fully saturated rings. The van der Waals surface area contributed by atoms with E-state index in [0.29, 0.717) is 5.56 Å². The lowest BCUT2D eigenvalue weighted by atomic mass is 9.96. The van der Waals surface area contributed by atoms with E-state index >= 15 is 0 Å². The van der Waals surface area contributed by atoms with E-state index in [1.165, 1.54) is 30.4 Å². The largest absolute Gasteiger partial charge is 0.489 e. The maximum absolute atomic E-state index is 12.4. The highest BCUT2D eigenvalue weighted by atomic mass is 16.5. The fraction of sp³-hybridized carbons (Fsp3) is 0.500. The molecule has 0 N–H and O–H groups in total. The van der Waals surface area contributed by atoms with Gasteiger partial charge >= 0.3 is 5.63 Å². The van der Waals surface area contributed by atoms with Crippen LogP contribution in [-0.2, 0) is 12.8 Å². The van der Waals surface area contributed by atoms with E-state index in [9.17, 15) is 4.79 Å². The van der Waals surface area contributed by atoms with Crippen molar-refractivity contribution in [3.05, 3.63) is 39.2 Å². The molecule has 1 aliphatic heterocycles. The van der Waals surface area contributed by atoms with Crippen molar-refractivity contribution in [1.29, 1.82) is 0 Å². The molecule has 2 aromatic rings. The second kappa shape index (κ2) is 4.62. The van der Waals surface area contributed by atoms with Crippen LogP contribution in [0.5, 0.6) is 5.75 Å². The number of hydrogen-bond donors (Lipinski definition) is 0. The Morgan fingerprint density at radius 2 is 1.90 bits per heavy atom. The van der Waals surface area contributed by atoms with E-state index in [1.54, 1.807) is 0 Å². The number of rotatable bonds is 0. The Bertz CT molecular complexity index is 772. The van der Waals surface area contributed by atoms with Crippen LogP contribution in [0.2, 0.25) is 0 Å². The van der Waals surface area contributed by atoms with Crippen LogP contribution >= 0.6 is 0 Å². The number of benzene rings is 1. The van der Waals surface area contributed by atoms with Crippen LogP contribution in [0.15, 0.2) is 21.3 Å². The Kier molecular flexibility index (Phi) is 2.84. The van der Waals surface area contributed by atoms with E-state index < -0.39 is 0 Å². The molecule has 2 atom stereocenters. The number of aryl methyl sites for hydroxylation is 2. The molecular formula is C18H20O3. The molecular weight excluding hydrogens is 264 g/mol. The van der Waals surface area contributed by atoms with E-state index in [4.69, 9.17) is 9.15 Å². The molecule has 0 bridgehead atoms. The predicted molar refractivity (Wildman–Crippen MR) is 82.2 cm³/mol. The topological polar surface area (TPSA) is 39.4 Å². The van der Waals surface area contributed by atoms with E-state index in [1.807, 2.05) is 13.8 Å². The second-order valence-electron chi connectivity index (χ2n) is 6.38. The van der Waals surface area contributed by atoms with Crippen LogP contribution in [0.1, 0.15) is 55.7 Å². The first-order valence-electron chi connectivity index (χ1n) is 7.95. The van der Waals surface area contributed by atoms with Crippen LogP contribution < -0.4 is 10.4 Å². The summed E-state index contributed by atoms with van der Waals surface area (Å²) in [5.41, 5.74) is 3.82. The molecule has 2 aliphatic rings. The van der Waals surface area contributed by atoms with Crippen molar-refractivity contribution >= 4 is 11.0 Å². The molecule has 3 nitrogen and oxygen atoms in total. The molecule has 0 spiro atoms. The van der Waals surface area contributed by atoms with Gasteiger partial charge in [0.05, 0.1) is 10.9 Å². The van der Waals surface area contributed by atoms with Crippen molar-refractivity contribution in [3.63, 3.8) is 0 Å². The molecule has 0 saturated heterocycles. The summed E-state index contributed by atoms with van der Waals surface area (Å²) in [5, 5.41) is 0.974. The number of hydrogen-bond acceptors (Lipinski definition) is 3. The average Bonchev–Trinajstić information content (AvgIpc) is 2.66. The maximum Gasteiger partial charge on any atom is 0.343 e. The van der Waals surface area contributed by atoms with Gasteiger partial charge in [-0.2, -0.15) is 0 Å². The summed E-state index contributed by atoms with van der Waals surface area (Å²) in [6.07, 6.45) is 5.75. The quantitative estimate of drug-likeness (QED) is 0.543. The van der Waals surface area contributed by atoms with Gasteiger partial charge in [-0.15, -0.1) is 0 Å². The highest BCUT2D eigenvalue weighted by Crippen LogP contribution is 2.42. The van der Waals surface area contributed by atoms with Crippen molar-refractivity contribution in [2.24, 2.45) is 0 Å². The summed E-state index contributed by atoms with van der Waals surface area (Å²) >= 11 is 0. The molecule has 0 amide bonds. The Morgan fingerprint density at radius 3 is 2.76 bits per heavy atom. The zero-order chi connectivity index (χ0) is 14.6. The van der Waals surface area contributed by atoms with Crippen molar-refractivity contribution < 1.29 is 9.15 Å². The first kappa shape index (κ1) is 12.9. The summed E-state index contributed by atoms with van der Waals surface area (Å²) in [5.74, 6) is 0.854. The minimum atomic E-state index is -0.216. The molecule has 3 heteroatoms. The second-order valence-corrected chi connectivity index (χ2v) is 6.38. The van der Waals surface area contributed by atoms with E-state index in [0.717, 1.165) is 29.6 Å². The van der Waals surface area contributed by atoms with Crippen molar-refractivity contribution in [1.82, 2.24) is 0 Å². The third-order valence-electron chi connectivity index (χ3n) is 5.10. The van der Waals surface area contributed by atoms with Gasteiger partial charge in [-0.05, 0) is 49.8 Å². The first-order chi connectivity index (χ1) is 10.2. The normalized spacial score (nSPS) is 24.3. The van der Waals surface area contributed by atoms with Crippen LogP contribution in [0, 0.1) is 0 Å². The monoisotopic (exact) mass is 284 g/mol. The van der Waals surface area contributed by atoms with Crippen molar-refractivity contribution in [2.75, 3.05) is 0 Å². The molecule has 110 valence electrons. The SMILES string of the molecule is CC1c2c(c3ccc4c(c3oc2=O)CCCCC4)O[C@@H]1C. The minimum Gasteiger partial charge on any atom is -0.489 e. The molecule has 1 aliphatic carbocycles. The standard InChI is InChI=1S/C18H20O3/c1-10-11(2)20-17-14-9-8-12-6-4-3-5-7-13(12)16(14)21-18(19)15(10)17/h8-11H,3-7H2,1-2H3/t10?,11-/m1/s1. The molecule has 1 unspecified atom stereocenters. The van der Waals surface area contributed by atoms with Gasteiger partial charge in [0.2, 0.25) is 0 Å². The number of fused-ring (bicyclic) bond motifs is 5. The Morgan fingerprint density at radius 1 is 1.10 bits per heavy atom. The van der Waals surface area contributed by atoms with E-state index in [2.05, 4.69) is 12.1 Å². The van der Waals surface area contributed by atoms with Gasteiger partial charge in [0.25, 0.3) is 0 Å². The molecule has 0 radical (unpaired) electrons. The molecule has 1 aromatic carbocycles. The first-order valence-corrected chi connectivity index (χ1v) is 7.95. The summed E-state index contributed by atoms with van der Waals surface area (Å²) in [7, 11) is 0. The highest BCUT2D eigenvalue weighted by Gasteiger charge is 2.34. The third kappa shape index (κ3) is 1.83. The zero-order valence-corrected chi connectivity index (χ0v) is 12.6. The summed E-state index contributed by atoms with van der Waals surface area (Å²) < 4.78 is 11.7. The van der Waals surface area contributed by atoms with Crippen molar-refractivity contribution in [3.8, 4) is 5.75 Å². The summed E-state index contributed by atoms with van der Waals surface area (Å²) in [6, 6.07) is 4.27.